The Morgan fingerprint density at radius 1 is 1.29 bits per heavy atom. The molecule has 0 aromatic rings. The van der Waals surface area contributed by atoms with E-state index in [0.717, 1.165) is 6.42 Å². The molecule has 1 aliphatic heterocycles. The molecule has 1 fully saturated rings. The van der Waals surface area contributed by atoms with E-state index in [1.807, 2.05) is 27.7 Å². The van der Waals surface area contributed by atoms with E-state index in [9.17, 15) is 9.90 Å². The number of rotatable bonds is 1. The molecule has 0 aliphatic carbocycles. The molecular formula is C11H24O3. The monoisotopic (exact) mass is 204 g/mol. The molecule has 1 saturated heterocycles. The number of hydrogen-bond donors (Lipinski definition) is 1. The van der Waals surface area contributed by atoms with Crippen LogP contribution in [-0.4, -0.2) is 29.7 Å². The normalized spacial score (nSPS) is 25.0. The maximum atomic E-state index is 10.8. The molecule has 0 aromatic carbocycles. The molecule has 0 saturated carbocycles. The molecule has 1 aliphatic rings. The van der Waals surface area contributed by atoms with Gasteiger partial charge in [-0.25, -0.2) is 0 Å². The van der Waals surface area contributed by atoms with Crippen LogP contribution in [0.15, 0.2) is 0 Å². The molecule has 0 radical (unpaired) electrons. The van der Waals surface area contributed by atoms with Crippen LogP contribution in [0.1, 0.15) is 47.5 Å². The van der Waals surface area contributed by atoms with E-state index < -0.39 is 5.60 Å². The fourth-order valence-corrected chi connectivity index (χ4v) is 1.06. The topological polar surface area (TPSA) is 46.5 Å². The highest BCUT2D eigenvalue weighted by molar-refractivity contribution is 5.84. The van der Waals surface area contributed by atoms with Crippen molar-refractivity contribution in [1.82, 2.24) is 0 Å². The van der Waals surface area contributed by atoms with Gasteiger partial charge in [-0.1, -0.05) is 27.7 Å². The standard InChI is InChI=1S/C7H12O3.2C2H6/c1-6(8)7(9)3-2-4-10-5-7;2*1-2/h9H,2-5H2,1H3;2*1-2H3. The summed E-state index contributed by atoms with van der Waals surface area (Å²) in [4.78, 5) is 10.8. The Labute approximate surface area is 87.5 Å². The Morgan fingerprint density at radius 2 is 1.79 bits per heavy atom. The average molecular weight is 204 g/mol. The first-order chi connectivity index (χ1) is 6.65. The van der Waals surface area contributed by atoms with Gasteiger partial charge in [0.25, 0.3) is 0 Å². The molecule has 3 heteroatoms. The Kier molecular flexibility index (Phi) is 10.5. The summed E-state index contributed by atoms with van der Waals surface area (Å²) in [5.41, 5.74) is -1.18. The van der Waals surface area contributed by atoms with Crippen LogP contribution in [0.3, 0.4) is 0 Å². The van der Waals surface area contributed by atoms with Gasteiger partial charge >= 0.3 is 0 Å². The number of carbonyl (C=O) groups excluding carboxylic acids is 1. The van der Waals surface area contributed by atoms with E-state index in [-0.39, 0.29) is 12.4 Å². The lowest BCUT2D eigenvalue weighted by Crippen LogP contribution is -2.44. The van der Waals surface area contributed by atoms with Crippen molar-refractivity contribution >= 4 is 5.78 Å². The highest BCUT2D eigenvalue weighted by atomic mass is 16.5. The van der Waals surface area contributed by atoms with Gasteiger partial charge in [-0.15, -0.1) is 0 Å². The van der Waals surface area contributed by atoms with Crippen LogP contribution in [-0.2, 0) is 9.53 Å². The van der Waals surface area contributed by atoms with Gasteiger partial charge in [-0.3, -0.25) is 4.79 Å². The Hall–Kier alpha value is -0.410. The third-order valence-corrected chi connectivity index (χ3v) is 1.88. The predicted octanol–water partition coefficient (Wildman–Crippen LogP) is 2.17. The van der Waals surface area contributed by atoms with Gasteiger partial charge in [-0.05, 0) is 19.8 Å². The molecular weight excluding hydrogens is 180 g/mol. The Bertz CT molecular complexity index is 137. The van der Waals surface area contributed by atoms with Crippen LogP contribution in [0.2, 0.25) is 0 Å². The van der Waals surface area contributed by atoms with Crippen LogP contribution in [0.5, 0.6) is 0 Å². The molecule has 1 atom stereocenters. The molecule has 14 heavy (non-hydrogen) atoms. The van der Waals surface area contributed by atoms with E-state index in [4.69, 9.17) is 4.74 Å². The molecule has 1 heterocycles. The molecule has 1 unspecified atom stereocenters. The highest BCUT2D eigenvalue weighted by Gasteiger charge is 2.34. The molecule has 3 nitrogen and oxygen atoms in total. The maximum absolute atomic E-state index is 10.8. The minimum absolute atomic E-state index is 0.169. The van der Waals surface area contributed by atoms with Crippen LogP contribution in [0.25, 0.3) is 0 Å². The SMILES string of the molecule is CC.CC.CC(=O)C1(O)CCCOC1. The van der Waals surface area contributed by atoms with Gasteiger partial charge in [0.15, 0.2) is 5.78 Å². The quantitative estimate of drug-likeness (QED) is 0.712. The van der Waals surface area contributed by atoms with Gasteiger partial charge in [-0.2, -0.15) is 0 Å². The van der Waals surface area contributed by atoms with Crippen molar-refractivity contribution in [3.63, 3.8) is 0 Å². The van der Waals surface area contributed by atoms with Crippen molar-refractivity contribution in [2.75, 3.05) is 13.2 Å². The molecule has 0 bridgehead atoms. The van der Waals surface area contributed by atoms with Crippen molar-refractivity contribution in [2.45, 2.75) is 53.1 Å². The summed E-state index contributed by atoms with van der Waals surface area (Å²) in [6.45, 7) is 10.2. The van der Waals surface area contributed by atoms with Crippen molar-refractivity contribution in [2.24, 2.45) is 0 Å². The lowest BCUT2D eigenvalue weighted by Gasteiger charge is -2.28. The van der Waals surface area contributed by atoms with Crippen LogP contribution >= 0.6 is 0 Å². The summed E-state index contributed by atoms with van der Waals surface area (Å²) in [5, 5.41) is 9.47. The largest absolute Gasteiger partial charge is 0.380 e. The van der Waals surface area contributed by atoms with Crippen molar-refractivity contribution in [1.29, 1.82) is 0 Å². The Morgan fingerprint density at radius 3 is 2.00 bits per heavy atom. The maximum Gasteiger partial charge on any atom is 0.163 e. The summed E-state index contributed by atoms with van der Waals surface area (Å²) < 4.78 is 4.98. The van der Waals surface area contributed by atoms with Crippen LogP contribution in [0.4, 0.5) is 0 Å². The van der Waals surface area contributed by atoms with E-state index in [2.05, 4.69) is 0 Å². The number of ketones is 1. The summed E-state index contributed by atoms with van der Waals surface area (Å²) in [6, 6.07) is 0. The Balaban J connectivity index is 0. The number of hydrogen-bond acceptors (Lipinski definition) is 3. The smallest absolute Gasteiger partial charge is 0.163 e. The van der Waals surface area contributed by atoms with E-state index in [1.54, 1.807) is 0 Å². The summed E-state index contributed by atoms with van der Waals surface area (Å²) in [5.74, 6) is -0.188. The minimum atomic E-state index is -1.18. The van der Waals surface area contributed by atoms with Gasteiger partial charge in [0, 0.05) is 6.61 Å². The van der Waals surface area contributed by atoms with Gasteiger partial charge < -0.3 is 9.84 Å². The molecule has 1 rings (SSSR count). The van der Waals surface area contributed by atoms with Crippen LogP contribution < -0.4 is 0 Å². The second-order valence-corrected chi connectivity index (χ2v) is 2.74. The third-order valence-electron chi connectivity index (χ3n) is 1.88. The average Bonchev–Trinajstić information content (AvgIpc) is 2.25. The van der Waals surface area contributed by atoms with Gasteiger partial charge in [0.2, 0.25) is 0 Å². The highest BCUT2D eigenvalue weighted by Crippen LogP contribution is 2.19. The molecule has 0 aromatic heterocycles. The molecule has 0 spiro atoms. The first-order valence-electron chi connectivity index (χ1n) is 5.46. The van der Waals surface area contributed by atoms with Crippen molar-refractivity contribution in [3.05, 3.63) is 0 Å². The number of ether oxygens (including phenoxy) is 1. The zero-order valence-corrected chi connectivity index (χ0v) is 10.1. The molecule has 86 valence electrons. The van der Waals surface area contributed by atoms with Crippen LogP contribution in [0, 0.1) is 0 Å². The summed E-state index contributed by atoms with van der Waals surface area (Å²) >= 11 is 0. The second-order valence-electron chi connectivity index (χ2n) is 2.74. The van der Waals surface area contributed by atoms with E-state index in [1.165, 1.54) is 6.92 Å². The zero-order valence-electron chi connectivity index (χ0n) is 10.1. The molecule has 0 amide bonds. The zero-order chi connectivity index (χ0) is 11.6. The second kappa shape index (κ2) is 9.16. The number of Topliss-reactive ketones (excluding diaryl/α,β-unsaturated/α-hetero) is 1. The van der Waals surface area contributed by atoms with E-state index in [0.29, 0.717) is 13.0 Å². The lowest BCUT2D eigenvalue weighted by atomic mass is 9.93. The van der Waals surface area contributed by atoms with Crippen molar-refractivity contribution in [3.8, 4) is 0 Å². The third kappa shape index (κ3) is 5.35. The first kappa shape index (κ1) is 16.0. The minimum Gasteiger partial charge on any atom is -0.380 e. The first-order valence-corrected chi connectivity index (χ1v) is 5.46. The fraction of sp³-hybridized carbons (Fsp3) is 0.909. The van der Waals surface area contributed by atoms with Crippen molar-refractivity contribution < 1.29 is 14.6 Å². The molecule has 1 N–H and O–H groups in total. The number of carbonyl (C=O) groups is 1. The summed E-state index contributed by atoms with van der Waals surface area (Å²) in [6.07, 6.45) is 1.32. The summed E-state index contributed by atoms with van der Waals surface area (Å²) in [7, 11) is 0. The predicted molar refractivity (Wildman–Crippen MR) is 58.4 cm³/mol. The van der Waals surface area contributed by atoms with Gasteiger partial charge in [0.05, 0.1) is 6.61 Å². The van der Waals surface area contributed by atoms with Gasteiger partial charge in [0.1, 0.15) is 5.60 Å². The fourth-order valence-electron chi connectivity index (χ4n) is 1.06. The lowest BCUT2D eigenvalue weighted by molar-refractivity contribution is -0.149. The van der Waals surface area contributed by atoms with E-state index >= 15 is 0 Å². The number of aliphatic hydroxyl groups is 1.